The molecule has 178 valence electrons. The molecule has 0 radical (unpaired) electrons. The van der Waals surface area contributed by atoms with Crippen LogP contribution in [-0.4, -0.2) is 17.1 Å². The van der Waals surface area contributed by atoms with Gasteiger partial charge in [0.25, 0.3) is 5.56 Å². The summed E-state index contributed by atoms with van der Waals surface area (Å²) < 4.78 is 7.45. The van der Waals surface area contributed by atoms with Crippen LogP contribution in [0.4, 0.5) is 0 Å². The van der Waals surface area contributed by atoms with E-state index in [4.69, 9.17) is 10.5 Å². The number of carbonyl (C=O) groups is 1. The molecule has 2 heterocycles. The van der Waals surface area contributed by atoms with E-state index in [1.54, 1.807) is 13.0 Å². The summed E-state index contributed by atoms with van der Waals surface area (Å²) in [6, 6.07) is 18.0. The van der Waals surface area contributed by atoms with Gasteiger partial charge < -0.3 is 10.5 Å². The Morgan fingerprint density at radius 2 is 1.69 bits per heavy atom. The average Bonchev–Trinajstić information content (AvgIpc) is 3.20. The molecule has 1 aromatic heterocycles. The van der Waals surface area contributed by atoms with Crippen molar-refractivity contribution in [3.8, 4) is 6.07 Å². The maximum Gasteiger partial charge on any atom is 0.338 e. The Morgan fingerprint density at radius 1 is 1.09 bits per heavy atom. The molecule has 7 heteroatoms. The molecule has 0 bridgehead atoms. The van der Waals surface area contributed by atoms with Crippen LogP contribution in [0.25, 0.3) is 17.5 Å². The molecule has 0 aliphatic carbocycles. The Bertz CT molecular complexity index is 1520. The zero-order valence-electron chi connectivity index (χ0n) is 20.0. The van der Waals surface area contributed by atoms with Crippen molar-refractivity contribution in [1.29, 1.82) is 5.26 Å². The maximum absolute atomic E-state index is 13.4. The number of hydrogen-bond donors (Lipinski definition) is 1. The van der Waals surface area contributed by atoms with Crippen molar-refractivity contribution in [2.24, 2.45) is 5.73 Å². The van der Waals surface area contributed by atoms with E-state index in [2.05, 4.69) is 19.9 Å². The van der Waals surface area contributed by atoms with E-state index in [-0.39, 0.29) is 23.6 Å². The minimum absolute atomic E-state index is 0.00393. The lowest BCUT2D eigenvalue weighted by Crippen LogP contribution is -2.40. The van der Waals surface area contributed by atoms with Crippen molar-refractivity contribution in [1.82, 2.24) is 4.57 Å². The van der Waals surface area contributed by atoms with Gasteiger partial charge in [0.15, 0.2) is 0 Å². The fourth-order valence-corrected chi connectivity index (χ4v) is 5.37. The first-order chi connectivity index (χ1) is 16.9. The molecule has 6 nitrogen and oxygen atoms in total. The molecule has 1 aliphatic rings. The smallest absolute Gasteiger partial charge is 0.338 e. The van der Waals surface area contributed by atoms with Crippen molar-refractivity contribution < 1.29 is 9.53 Å². The highest BCUT2D eigenvalue weighted by Gasteiger charge is 2.36. The number of aromatic nitrogens is 1. The summed E-state index contributed by atoms with van der Waals surface area (Å²) in [6.07, 6.45) is 3.58. The zero-order chi connectivity index (χ0) is 25.1. The third-order valence-corrected chi connectivity index (χ3v) is 7.28. The number of aryl methyl sites for hydroxylation is 2. The second-order valence-corrected chi connectivity index (χ2v) is 9.26. The van der Waals surface area contributed by atoms with Gasteiger partial charge in [-0.05, 0) is 48.1 Å². The van der Waals surface area contributed by atoms with Crippen molar-refractivity contribution in [3.63, 3.8) is 0 Å². The molecular weight excluding hydrogens is 458 g/mol. The highest BCUT2D eigenvalue weighted by molar-refractivity contribution is 7.07. The third kappa shape index (κ3) is 4.45. The SMILES string of the molecule is CCOC(=O)C1=C(N)n2c(s/c(=C\c3ccc(CC)cc3)c2=O)=C(C#N)C1c1ccc(CC)cc1. The van der Waals surface area contributed by atoms with Crippen LogP contribution in [0.5, 0.6) is 0 Å². The van der Waals surface area contributed by atoms with Crippen LogP contribution in [-0.2, 0) is 22.4 Å². The van der Waals surface area contributed by atoms with Crippen molar-refractivity contribution in [3.05, 3.63) is 95.9 Å². The molecule has 3 aromatic rings. The summed E-state index contributed by atoms with van der Waals surface area (Å²) in [6.45, 7) is 6.00. The fourth-order valence-electron chi connectivity index (χ4n) is 4.24. The van der Waals surface area contributed by atoms with E-state index < -0.39 is 11.9 Å². The van der Waals surface area contributed by atoms with Crippen molar-refractivity contribution >= 4 is 34.8 Å². The number of fused-ring (bicyclic) bond motifs is 1. The van der Waals surface area contributed by atoms with Gasteiger partial charge in [-0.1, -0.05) is 62.4 Å². The fraction of sp³-hybridized carbons (Fsp3) is 0.250. The third-order valence-electron chi connectivity index (χ3n) is 6.17. The number of esters is 1. The van der Waals surface area contributed by atoms with Crippen LogP contribution >= 0.6 is 11.3 Å². The normalized spacial score (nSPS) is 15.7. The molecule has 2 aromatic carbocycles. The largest absolute Gasteiger partial charge is 0.463 e. The number of nitriles is 1. The van der Waals surface area contributed by atoms with E-state index in [9.17, 15) is 14.9 Å². The summed E-state index contributed by atoms with van der Waals surface area (Å²) in [5.74, 6) is -1.35. The Morgan fingerprint density at radius 3 is 2.23 bits per heavy atom. The molecule has 35 heavy (non-hydrogen) atoms. The molecule has 0 fully saturated rings. The molecule has 1 aliphatic heterocycles. The number of hydrogen-bond acceptors (Lipinski definition) is 6. The highest BCUT2D eigenvalue weighted by atomic mass is 32.1. The van der Waals surface area contributed by atoms with Gasteiger partial charge in [-0.2, -0.15) is 5.26 Å². The monoisotopic (exact) mass is 485 g/mol. The maximum atomic E-state index is 13.4. The average molecular weight is 486 g/mol. The predicted molar refractivity (Wildman–Crippen MR) is 139 cm³/mol. The second-order valence-electron chi connectivity index (χ2n) is 8.22. The van der Waals surface area contributed by atoms with E-state index in [0.29, 0.717) is 14.8 Å². The zero-order valence-corrected chi connectivity index (χ0v) is 20.8. The lowest BCUT2D eigenvalue weighted by Gasteiger charge is -2.25. The number of rotatable bonds is 6. The first-order valence-electron chi connectivity index (χ1n) is 11.7. The molecule has 1 unspecified atom stereocenters. The van der Waals surface area contributed by atoms with Crippen LogP contribution < -0.4 is 20.5 Å². The summed E-state index contributed by atoms with van der Waals surface area (Å²) >= 11 is 1.21. The topological polar surface area (TPSA) is 98.1 Å². The number of ether oxygens (including phenoxy) is 1. The number of benzene rings is 2. The minimum atomic E-state index is -0.723. The van der Waals surface area contributed by atoms with Crippen LogP contribution in [0, 0.1) is 11.3 Å². The first-order valence-corrected chi connectivity index (χ1v) is 12.5. The Hall–Kier alpha value is -3.89. The van der Waals surface area contributed by atoms with Gasteiger partial charge in [0.1, 0.15) is 10.5 Å². The van der Waals surface area contributed by atoms with E-state index >= 15 is 0 Å². The van der Waals surface area contributed by atoms with E-state index in [1.165, 1.54) is 21.5 Å². The number of nitrogens with zero attached hydrogens (tertiary/aromatic N) is 2. The lowest BCUT2D eigenvalue weighted by molar-refractivity contribution is -0.138. The van der Waals surface area contributed by atoms with Gasteiger partial charge in [-0.15, -0.1) is 11.3 Å². The number of thiazole rings is 1. The van der Waals surface area contributed by atoms with Gasteiger partial charge >= 0.3 is 5.97 Å². The molecular formula is C28H27N3O3S. The predicted octanol–water partition coefficient (Wildman–Crippen LogP) is 3.03. The summed E-state index contributed by atoms with van der Waals surface area (Å²) in [5, 5.41) is 10.2. The molecule has 2 N–H and O–H groups in total. The Kier molecular flexibility index (Phi) is 7.04. The molecule has 0 saturated carbocycles. The van der Waals surface area contributed by atoms with Gasteiger partial charge in [0.2, 0.25) is 0 Å². The minimum Gasteiger partial charge on any atom is -0.463 e. The number of carbonyl (C=O) groups excluding carboxylic acids is 1. The first kappa shape index (κ1) is 24.2. The molecule has 1 atom stereocenters. The van der Waals surface area contributed by atoms with E-state index in [1.807, 2.05) is 48.5 Å². The Labute approximate surface area is 207 Å². The van der Waals surface area contributed by atoms with Gasteiger partial charge in [0, 0.05) is 0 Å². The van der Waals surface area contributed by atoms with Crippen molar-refractivity contribution in [2.45, 2.75) is 39.5 Å². The van der Waals surface area contributed by atoms with Crippen molar-refractivity contribution in [2.75, 3.05) is 6.61 Å². The quantitative estimate of drug-likeness (QED) is 0.541. The van der Waals surface area contributed by atoms with Crippen LogP contribution in [0.1, 0.15) is 48.9 Å². The number of nitrogens with two attached hydrogens (primary N) is 1. The lowest BCUT2D eigenvalue weighted by atomic mass is 9.83. The van der Waals surface area contributed by atoms with E-state index in [0.717, 1.165) is 29.5 Å². The second kappa shape index (κ2) is 10.2. The Balaban J connectivity index is 2.00. The van der Waals surface area contributed by atoms with Gasteiger partial charge in [-0.25, -0.2) is 4.79 Å². The van der Waals surface area contributed by atoms with Crippen LogP contribution in [0.15, 0.2) is 58.9 Å². The van der Waals surface area contributed by atoms with Crippen LogP contribution in [0.3, 0.4) is 0 Å². The van der Waals surface area contributed by atoms with Gasteiger partial charge in [-0.3, -0.25) is 9.36 Å². The summed E-state index contributed by atoms with van der Waals surface area (Å²) in [4.78, 5) is 26.5. The standard InChI is InChI=1S/C28H27N3O3S/c1-4-17-7-9-19(10-8-17)15-22-26(32)31-25(30)24(28(33)34-6-3)23(21(16-29)27(31)35-22)20-13-11-18(5-2)12-14-20/h7-15,23H,4-6,30H2,1-3H3/b22-15-. The van der Waals surface area contributed by atoms with Crippen LogP contribution in [0.2, 0.25) is 0 Å². The molecule has 0 spiro atoms. The highest BCUT2D eigenvalue weighted by Crippen LogP contribution is 2.36. The van der Waals surface area contributed by atoms with Gasteiger partial charge in [0.05, 0.1) is 34.3 Å². The molecule has 0 amide bonds. The molecule has 4 rings (SSSR count). The summed E-state index contributed by atoms with van der Waals surface area (Å²) in [7, 11) is 0. The summed E-state index contributed by atoms with van der Waals surface area (Å²) in [5.41, 5.74) is 10.5. The molecule has 0 saturated heterocycles.